The summed E-state index contributed by atoms with van der Waals surface area (Å²) in [7, 11) is 0. The number of benzene rings is 1. The highest BCUT2D eigenvalue weighted by molar-refractivity contribution is 5.92. The molecule has 6 nitrogen and oxygen atoms in total. The van der Waals surface area contributed by atoms with E-state index in [0.717, 1.165) is 18.4 Å². The lowest BCUT2D eigenvalue weighted by molar-refractivity contribution is 0.0704. The van der Waals surface area contributed by atoms with E-state index < -0.39 is 0 Å². The van der Waals surface area contributed by atoms with Gasteiger partial charge in [-0.3, -0.25) is 9.78 Å². The fraction of sp³-hybridized carbons (Fsp3) is 0.263. The Balaban J connectivity index is 1.59. The molecule has 126 valence electrons. The molecule has 25 heavy (non-hydrogen) atoms. The van der Waals surface area contributed by atoms with E-state index in [1.54, 1.807) is 23.2 Å². The zero-order valence-electron chi connectivity index (χ0n) is 13.9. The summed E-state index contributed by atoms with van der Waals surface area (Å²) in [6, 6.07) is 13.1. The molecule has 0 N–H and O–H groups in total. The fourth-order valence-corrected chi connectivity index (χ4v) is 3.09. The lowest BCUT2D eigenvalue weighted by Gasteiger charge is -2.21. The van der Waals surface area contributed by atoms with Crippen LogP contribution in [0.25, 0.3) is 11.4 Å². The van der Waals surface area contributed by atoms with Crippen molar-refractivity contribution in [1.29, 1.82) is 0 Å². The number of amides is 1. The van der Waals surface area contributed by atoms with Gasteiger partial charge in [0.25, 0.3) is 5.91 Å². The second-order valence-electron chi connectivity index (χ2n) is 6.19. The minimum atomic E-state index is -0.193. The fourth-order valence-electron chi connectivity index (χ4n) is 3.09. The van der Waals surface area contributed by atoms with Crippen LogP contribution < -0.4 is 0 Å². The number of hydrogen-bond acceptors (Lipinski definition) is 5. The molecule has 2 aromatic heterocycles. The number of aryl methyl sites for hydroxylation is 1. The van der Waals surface area contributed by atoms with Crippen LogP contribution in [0.1, 0.15) is 40.8 Å². The van der Waals surface area contributed by atoms with Crippen LogP contribution in [0.3, 0.4) is 0 Å². The van der Waals surface area contributed by atoms with Crippen molar-refractivity contribution in [2.24, 2.45) is 0 Å². The molecule has 3 aromatic rings. The van der Waals surface area contributed by atoms with E-state index in [-0.39, 0.29) is 11.9 Å². The lowest BCUT2D eigenvalue weighted by atomic mass is 10.1. The third-order valence-electron chi connectivity index (χ3n) is 4.43. The normalized spacial score (nSPS) is 17.0. The summed E-state index contributed by atoms with van der Waals surface area (Å²) in [6.07, 6.45) is 3.35. The van der Waals surface area contributed by atoms with Gasteiger partial charge in [0, 0.05) is 18.3 Å². The summed E-state index contributed by atoms with van der Waals surface area (Å²) >= 11 is 0. The first kappa shape index (κ1) is 15.5. The molecular weight excluding hydrogens is 316 g/mol. The van der Waals surface area contributed by atoms with Gasteiger partial charge in [-0.25, -0.2) is 0 Å². The molecule has 0 spiro atoms. The maximum Gasteiger partial charge on any atom is 0.273 e. The number of aromatic nitrogens is 3. The van der Waals surface area contributed by atoms with Crippen molar-refractivity contribution in [3.05, 3.63) is 65.8 Å². The lowest BCUT2D eigenvalue weighted by Crippen LogP contribution is -2.31. The number of nitrogens with zero attached hydrogens (tertiary/aromatic N) is 4. The number of carbonyl (C=O) groups is 1. The number of hydrogen-bond donors (Lipinski definition) is 0. The number of carbonyl (C=O) groups excluding carboxylic acids is 1. The Morgan fingerprint density at radius 3 is 2.80 bits per heavy atom. The van der Waals surface area contributed by atoms with Crippen molar-refractivity contribution in [2.75, 3.05) is 6.54 Å². The number of pyridine rings is 1. The van der Waals surface area contributed by atoms with Crippen LogP contribution in [0.4, 0.5) is 0 Å². The Kier molecular flexibility index (Phi) is 4.01. The quantitative estimate of drug-likeness (QED) is 0.734. The molecule has 0 radical (unpaired) electrons. The van der Waals surface area contributed by atoms with Gasteiger partial charge in [-0.2, -0.15) is 4.98 Å². The Bertz CT molecular complexity index is 874. The van der Waals surface area contributed by atoms with Crippen molar-refractivity contribution in [1.82, 2.24) is 20.0 Å². The largest absolute Gasteiger partial charge is 0.337 e. The van der Waals surface area contributed by atoms with Crippen LogP contribution in [-0.4, -0.2) is 32.5 Å². The molecular formula is C19H18N4O2. The van der Waals surface area contributed by atoms with Gasteiger partial charge in [0.05, 0.1) is 0 Å². The van der Waals surface area contributed by atoms with E-state index in [4.69, 9.17) is 4.52 Å². The third kappa shape index (κ3) is 3.03. The smallest absolute Gasteiger partial charge is 0.273 e. The second kappa shape index (κ2) is 6.47. The number of likely N-dealkylation sites (tertiary alicyclic amines) is 1. The van der Waals surface area contributed by atoms with Gasteiger partial charge in [0.15, 0.2) is 0 Å². The zero-order valence-corrected chi connectivity index (χ0v) is 13.9. The van der Waals surface area contributed by atoms with E-state index in [0.29, 0.717) is 24.0 Å². The van der Waals surface area contributed by atoms with Gasteiger partial charge >= 0.3 is 0 Å². The van der Waals surface area contributed by atoms with Crippen molar-refractivity contribution in [3.63, 3.8) is 0 Å². The maximum absolute atomic E-state index is 12.7. The van der Waals surface area contributed by atoms with Gasteiger partial charge < -0.3 is 9.42 Å². The molecule has 0 bridgehead atoms. The monoisotopic (exact) mass is 334 g/mol. The van der Waals surface area contributed by atoms with E-state index in [2.05, 4.69) is 15.1 Å². The number of rotatable bonds is 3. The second-order valence-corrected chi connectivity index (χ2v) is 6.19. The van der Waals surface area contributed by atoms with Crippen molar-refractivity contribution < 1.29 is 9.32 Å². The molecule has 1 aliphatic heterocycles. The minimum absolute atomic E-state index is 0.0989. The molecule has 1 amide bonds. The molecule has 1 fully saturated rings. The van der Waals surface area contributed by atoms with E-state index in [1.165, 1.54) is 5.56 Å². The molecule has 4 rings (SSSR count). The van der Waals surface area contributed by atoms with Gasteiger partial charge in [-0.15, -0.1) is 0 Å². The molecule has 1 atom stereocenters. The third-order valence-corrected chi connectivity index (χ3v) is 4.43. The van der Waals surface area contributed by atoms with Gasteiger partial charge in [-0.05, 0) is 31.9 Å². The first-order chi connectivity index (χ1) is 12.2. The van der Waals surface area contributed by atoms with Crippen molar-refractivity contribution in [3.8, 4) is 11.4 Å². The van der Waals surface area contributed by atoms with Crippen LogP contribution in [0, 0.1) is 6.92 Å². The molecule has 1 aromatic carbocycles. The van der Waals surface area contributed by atoms with Crippen LogP contribution in [-0.2, 0) is 0 Å². The molecule has 0 saturated carbocycles. The van der Waals surface area contributed by atoms with Crippen molar-refractivity contribution in [2.45, 2.75) is 25.8 Å². The predicted molar refractivity (Wildman–Crippen MR) is 91.7 cm³/mol. The Labute approximate surface area is 145 Å². The van der Waals surface area contributed by atoms with Gasteiger partial charge in [0.2, 0.25) is 11.7 Å². The minimum Gasteiger partial charge on any atom is -0.337 e. The summed E-state index contributed by atoms with van der Waals surface area (Å²) in [5.74, 6) is 0.933. The average molecular weight is 334 g/mol. The van der Waals surface area contributed by atoms with Crippen molar-refractivity contribution >= 4 is 5.91 Å². The highest BCUT2D eigenvalue weighted by atomic mass is 16.5. The van der Waals surface area contributed by atoms with E-state index >= 15 is 0 Å². The summed E-state index contributed by atoms with van der Waals surface area (Å²) < 4.78 is 5.47. The van der Waals surface area contributed by atoms with Gasteiger partial charge in [-0.1, -0.05) is 41.1 Å². The molecule has 3 heterocycles. The van der Waals surface area contributed by atoms with Crippen LogP contribution in [0.2, 0.25) is 0 Å². The summed E-state index contributed by atoms with van der Waals surface area (Å²) in [5, 5.41) is 4.09. The van der Waals surface area contributed by atoms with E-state index in [9.17, 15) is 4.79 Å². The molecule has 1 aliphatic rings. The van der Waals surface area contributed by atoms with Gasteiger partial charge in [0.1, 0.15) is 11.7 Å². The Morgan fingerprint density at radius 2 is 2.04 bits per heavy atom. The first-order valence-electron chi connectivity index (χ1n) is 8.35. The maximum atomic E-state index is 12.7. The topological polar surface area (TPSA) is 72.1 Å². The summed E-state index contributed by atoms with van der Waals surface area (Å²) in [6.45, 7) is 2.70. The molecule has 0 unspecified atom stereocenters. The van der Waals surface area contributed by atoms with Crippen LogP contribution in [0.15, 0.2) is 53.2 Å². The average Bonchev–Trinajstić information content (AvgIpc) is 3.31. The van der Waals surface area contributed by atoms with Crippen LogP contribution >= 0.6 is 0 Å². The van der Waals surface area contributed by atoms with Crippen LogP contribution in [0.5, 0.6) is 0 Å². The summed E-state index contributed by atoms with van der Waals surface area (Å²) in [5.41, 5.74) is 2.52. The standard InChI is InChI=1S/C19H18N4O2/c1-13-7-9-14(10-8-13)17-21-18(25-22-17)16-6-4-12-23(16)19(24)15-5-2-3-11-20-15/h2-3,5,7-11,16H,4,6,12H2,1H3/t16-/m0/s1. The molecule has 0 aliphatic carbocycles. The summed E-state index contributed by atoms with van der Waals surface area (Å²) in [4.78, 5) is 23.2. The SMILES string of the molecule is Cc1ccc(-c2noc([C@@H]3CCCN3C(=O)c3ccccn3)n2)cc1. The highest BCUT2D eigenvalue weighted by Crippen LogP contribution is 2.33. The molecule has 6 heteroatoms. The predicted octanol–water partition coefficient (Wildman–Crippen LogP) is 3.42. The zero-order chi connectivity index (χ0) is 17.2. The van der Waals surface area contributed by atoms with E-state index in [1.807, 2.05) is 37.3 Å². The molecule has 1 saturated heterocycles. The first-order valence-corrected chi connectivity index (χ1v) is 8.35. The highest BCUT2D eigenvalue weighted by Gasteiger charge is 2.35. The Hall–Kier alpha value is -3.02. The Morgan fingerprint density at radius 1 is 1.20 bits per heavy atom.